The summed E-state index contributed by atoms with van der Waals surface area (Å²) in [6, 6.07) is 5.35. The van der Waals surface area contributed by atoms with Crippen LogP contribution in [-0.2, 0) is 0 Å². The van der Waals surface area contributed by atoms with E-state index in [2.05, 4.69) is 0 Å². The van der Waals surface area contributed by atoms with Gasteiger partial charge in [0.25, 0.3) is 0 Å². The number of rotatable bonds is 1. The highest BCUT2D eigenvalue weighted by Crippen LogP contribution is 2.44. The lowest BCUT2D eigenvalue weighted by Gasteiger charge is -2.01. The maximum Gasteiger partial charge on any atom is 0.120 e. The van der Waals surface area contributed by atoms with E-state index in [0.717, 1.165) is 5.56 Å². The predicted molar refractivity (Wildman–Crippen MR) is 45.1 cm³/mol. The lowest BCUT2D eigenvalue weighted by atomic mass is 10.1. The Morgan fingerprint density at radius 2 is 2.09 bits per heavy atom. The van der Waals surface area contributed by atoms with Crippen molar-refractivity contribution in [1.82, 2.24) is 0 Å². The summed E-state index contributed by atoms with van der Waals surface area (Å²) in [5.41, 5.74) is 1.05. The normalized spacial score (nSPS) is 16.8. The Labute approximate surface area is 70.6 Å². The summed E-state index contributed by atoms with van der Waals surface area (Å²) in [5, 5.41) is 10.0. The van der Waals surface area contributed by atoms with E-state index >= 15 is 0 Å². The summed E-state index contributed by atoms with van der Waals surface area (Å²) in [6.45, 7) is 0. The second kappa shape index (κ2) is 2.42. The fourth-order valence-electron chi connectivity index (χ4n) is 1.26. The van der Waals surface area contributed by atoms with E-state index in [9.17, 15) is 5.11 Å². The molecule has 1 N–H and O–H groups in total. The molecule has 58 valence electrons. The quantitative estimate of drug-likeness (QED) is 0.684. The van der Waals surface area contributed by atoms with Crippen molar-refractivity contribution in [2.24, 2.45) is 0 Å². The summed E-state index contributed by atoms with van der Waals surface area (Å²) in [7, 11) is 0. The molecule has 0 aliphatic heterocycles. The van der Waals surface area contributed by atoms with Crippen LogP contribution in [0.1, 0.15) is 24.3 Å². The summed E-state index contributed by atoms with van der Waals surface area (Å²) in [4.78, 5) is 0. The molecule has 1 saturated carbocycles. The molecule has 2 heteroatoms. The lowest BCUT2D eigenvalue weighted by Crippen LogP contribution is -1.79. The average Bonchev–Trinajstić information content (AvgIpc) is 2.70. The van der Waals surface area contributed by atoms with E-state index in [-0.39, 0.29) is 0 Å². The van der Waals surface area contributed by atoms with Crippen LogP contribution in [0, 0.1) is 0 Å². The fraction of sp³-hybridized carbons (Fsp3) is 0.333. The van der Waals surface area contributed by atoms with Crippen LogP contribution in [0.25, 0.3) is 0 Å². The average molecular weight is 169 g/mol. The molecule has 0 amide bonds. The van der Waals surface area contributed by atoms with E-state index in [1.807, 2.05) is 12.1 Å². The van der Waals surface area contributed by atoms with Crippen molar-refractivity contribution < 1.29 is 5.11 Å². The standard InChI is InChI=1S/C9H9ClO/c10-7-3-4-8(6-1-2-6)9(11)5-7/h3-6,11H,1-2H2. The molecule has 1 fully saturated rings. The van der Waals surface area contributed by atoms with Crippen molar-refractivity contribution in [3.05, 3.63) is 28.8 Å². The van der Waals surface area contributed by atoms with Gasteiger partial charge in [-0.15, -0.1) is 0 Å². The second-order valence-electron chi connectivity index (χ2n) is 2.98. The number of benzene rings is 1. The minimum absolute atomic E-state index is 0.347. The molecule has 0 spiro atoms. The van der Waals surface area contributed by atoms with Crippen LogP contribution in [0.2, 0.25) is 5.02 Å². The predicted octanol–water partition coefficient (Wildman–Crippen LogP) is 2.92. The zero-order chi connectivity index (χ0) is 7.84. The third kappa shape index (κ3) is 1.33. The van der Waals surface area contributed by atoms with Crippen molar-refractivity contribution in [2.75, 3.05) is 0 Å². The van der Waals surface area contributed by atoms with Gasteiger partial charge < -0.3 is 5.11 Å². The molecule has 0 bridgehead atoms. The smallest absolute Gasteiger partial charge is 0.120 e. The van der Waals surface area contributed by atoms with Crippen LogP contribution in [0.5, 0.6) is 5.75 Å². The maximum absolute atomic E-state index is 9.42. The molecule has 1 aromatic carbocycles. The van der Waals surface area contributed by atoms with Gasteiger partial charge in [0.15, 0.2) is 0 Å². The van der Waals surface area contributed by atoms with Gasteiger partial charge in [-0.3, -0.25) is 0 Å². The second-order valence-corrected chi connectivity index (χ2v) is 3.41. The molecule has 0 unspecified atom stereocenters. The van der Waals surface area contributed by atoms with Gasteiger partial charge in [0, 0.05) is 5.02 Å². The highest BCUT2D eigenvalue weighted by molar-refractivity contribution is 6.30. The van der Waals surface area contributed by atoms with Crippen LogP contribution in [-0.4, -0.2) is 5.11 Å². The molecule has 0 heterocycles. The Morgan fingerprint density at radius 1 is 1.36 bits per heavy atom. The molecular formula is C9H9ClO. The van der Waals surface area contributed by atoms with E-state index < -0.39 is 0 Å². The molecule has 0 saturated heterocycles. The third-order valence-corrected chi connectivity index (χ3v) is 2.24. The first kappa shape index (κ1) is 6.99. The van der Waals surface area contributed by atoms with Crippen molar-refractivity contribution in [3.63, 3.8) is 0 Å². The van der Waals surface area contributed by atoms with Crippen molar-refractivity contribution in [1.29, 1.82) is 0 Å². The first-order chi connectivity index (χ1) is 5.27. The van der Waals surface area contributed by atoms with Gasteiger partial charge in [0.1, 0.15) is 5.75 Å². The molecule has 0 aromatic heterocycles. The maximum atomic E-state index is 9.42. The van der Waals surface area contributed by atoms with Gasteiger partial charge in [-0.1, -0.05) is 17.7 Å². The van der Waals surface area contributed by atoms with Gasteiger partial charge in [-0.05, 0) is 36.5 Å². The summed E-state index contributed by atoms with van der Waals surface area (Å²) >= 11 is 5.68. The molecule has 1 aliphatic carbocycles. The zero-order valence-electron chi connectivity index (χ0n) is 6.05. The number of aromatic hydroxyl groups is 1. The monoisotopic (exact) mass is 168 g/mol. The zero-order valence-corrected chi connectivity index (χ0v) is 6.80. The minimum atomic E-state index is 0.347. The summed E-state index contributed by atoms with van der Waals surface area (Å²) < 4.78 is 0. The molecule has 1 nitrogen and oxygen atoms in total. The first-order valence-electron chi connectivity index (χ1n) is 3.76. The fourth-order valence-corrected chi connectivity index (χ4v) is 1.42. The van der Waals surface area contributed by atoms with Gasteiger partial charge >= 0.3 is 0 Å². The highest BCUT2D eigenvalue weighted by atomic mass is 35.5. The number of phenolic OH excluding ortho intramolecular Hbond substituents is 1. The highest BCUT2D eigenvalue weighted by Gasteiger charge is 2.25. The lowest BCUT2D eigenvalue weighted by molar-refractivity contribution is 0.468. The Morgan fingerprint density at radius 3 is 2.64 bits per heavy atom. The van der Waals surface area contributed by atoms with Crippen molar-refractivity contribution >= 4 is 11.6 Å². The van der Waals surface area contributed by atoms with Gasteiger partial charge in [0.05, 0.1) is 0 Å². The van der Waals surface area contributed by atoms with Crippen molar-refractivity contribution in [2.45, 2.75) is 18.8 Å². The van der Waals surface area contributed by atoms with E-state index in [0.29, 0.717) is 16.7 Å². The molecule has 1 aromatic rings. The topological polar surface area (TPSA) is 20.2 Å². The Bertz CT molecular complexity index is 279. The number of phenols is 1. The SMILES string of the molecule is Oc1cc(Cl)ccc1C1CC1. The third-order valence-electron chi connectivity index (χ3n) is 2.01. The van der Waals surface area contributed by atoms with Gasteiger partial charge in [0.2, 0.25) is 0 Å². The molecule has 1 aliphatic rings. The summed E-state index contributed by atoms with van der Waals surface area (Å²) in [5.74, 6) is 0.937. The molecule has 0 radical (unpaired) electrons. The van der Waals surface area contributed by atoms with Gasteiger partial charge in [-0.25, -0.2) is 0 Å². The Kier molecular flexibility index (Phi) is 1.53. The van der Waals surface area contributed by atoms with E-state index in [1.165, 1.54) is 12.8 Å². The Balaban J connectivity index is 2.39. The first-order valence-corrected chi connectivity index (χ1v) is 4.13. The van der Waals surface area contributed by atoms with Gasteiger partial charge in [-0.2, -0.15) is 0 Å². The van der Waals surface area contributed by atoms with Crippen LogP contribution >= 0.6 is 11.6 Å². The Hall–Kier alpha value is -0.690. The van der Waals surface area contributed by atoms with E-state index in [1.54, 1.807) is 6.07 Å². The minimum Gasteiger partial charge on any atom is -0.508 e. The van der Waals surface area contributed by atoms with Crippen LogP contribution in [0.15, 0.2) is 18.2 Å². The van der Waals surface area contributed by atoms with E-state index in [4.69, 9.17) is 11.6 Å². The molecular weight excluding hydrogens is 160 g/mol. The molecule has 0 atom stereocenters. The van der Waals surface area contributed by atoms with Crippen LogP contribution in [0.4, 0.5) is 0 Å². The molecule has 11 heavy (non-hydrogen) atoms. The number of hydrogen-bond donors (Lipinski definition) is 1. The largest absolute Gasteiger partial charge is 0.508 e. The number of halogens is 1. The molecule has 2 rings (SSSR count). The van der Waals surface area contributed by atoms with Crippen LogP contribution < -0.4 is 0 Å². The van der Waals surface area contributed by atoms with Crippen molar-refractivity contribution in [3.8, 4) is 5.75 Å². The van der Waals surface area contributed by atoms with Crippen LogP contribution in [0.3, 0.4) is 0 Å². The number of hydrogen-bond acceptors (Lipinski definition) is 1. The summed E-state index contributed by atoms with van der Waals surface area (Å²) in [6.07, 6.45) is 2.41.